The Labute approximate surface area is 106 Å². The van der Waals surface area contributed by atoms with Gasteiger partial charge < -0.3 is 5.32 Å². The fourth-order valence-corrected chi connectivity index (χ4v) is 1.66. The summed E-state index contributed by atoms with van der Waals surface area (Å²) in [6.45, 7) is 5.40. The van der Waals surface area contributed by atoms with Crippen LogP contribution in [0.2, 0.25) is 0 Å². The Hall–Kier alpha value is -2.42. The van der Waals surface area contributed by atoms with Crippen molar-refractivity contribution in [3.63, 3.8) is 0 Å². The molecule has 3 heteroatoms. The maximum absolute atomic E-state index is 11.3. The highest BCUT2D eigenvalue weighted by molar-refractivity contribution is 5.99. The number of aromatic nitrogens is 1. The number of hydrogen-bond donors (Lipinski definition) is 1. The molecule has 0 aliphatic carbocycles. The van der Waals surface area contributed by atoms with Crippen LogP contribution in [-0.4, -0.2) is 10.9 Å². The van der Waals surface area contributed by atoms with E-state index >= 15 is 0 Å². The fraction of sp³-hybridized carbons (Fsp3) is 0.0667. The second-order valence-corrected chi connectivity index (χ2v) is 3.96. The normalized spacial score (nSPS) is 9.83. The SMILES string of the molecule is C=CC(=O)Nc1cc(-c2ccncc2)ccc1C. The highest BCUT2D eigenvalue weighted by Crippen LogP contribution is 2.24. The summed E-state index contributed by atoms with van der Waals surface area (Å²) in [5.41, 5.74) is 3.93. The number of nitrogens with zero attached hydrogens (tertiary/aromatic N) is 1. The lowest BCUT2D eigenvalue weighted by molar-refractivity contribution is -0.111. The first-order chi connectivity index (χ1) is 8.70. The maximum Gasteiger partial charge on any atom is 0.247 e. The summed E-state index contributed by atoms with van der Waals surface area (Å²) < 4.78 is 0. The molecule has 1 aromatic heterocycles. The summed E-state index contributed by atoms with van der Waals surface area (Å²) in [5, 5.41) is 2.80. The Morgan fingerprint density at radius 2 is 1.94 bits per heavy atom. The number of rotatable bonds is 3. The lowest BCUT2D eigenvalue weighted by Crippen LogP contribution is -2.08. The molecule has 0 aliphatic rings. The molecule has 3 nitrogen and oxygen atoms in total. The standard InChI is InChI=1S/C15H14N2O/c1-3-15(18)17-14-10-13(5-4-11(14)2)12-6-8-16-9-7-12/h3-10H,1H2,2H3,(H,17,18). The molecule has 2 rings (SSSR count). The first-order valence-electron chi connectivity index (χ1n) is 5.65. The van der Waals surface area contributed by atoms with Gasteiger partial charge in [-0.25, -0.2) is 0 Å². The van der Waals surface area contributed by atoms with Crippen molar-refractivity contribution in [1.82, 2.24) is 4.98 Å². The van der Waals surface area contributed by atoms with Gasteiger partial charge in [-0.2, -0.15) is 0 Å². The minimum atomic E-state index is -0.204. The number of pyridine rings is 1. The van der Waals surface area contributed by atoms with Crippen LogP contribution in [0.4, 0.5) is 5.69 Å². The number of nitrogens with one attached hydrogen (secondary N) is 1. The van der Waals surface area contributed by atoms with Crippen LogP contribution in [0, 0.1) is 6.92 Å². The smallest absolute Gasteiger partial charge is 0.247 e. The van der Waals surface area contributed by atoms with Gasteiger partial charge in [0.05, 0.1) is 0 Å². The molecule has 90 valence electrons. The molecule has 1 aromatic carbocycles. The Morgan fingerprint density at radius 1 is 1.22 bits per heavy atom. The largest absolute Gasteiger partial charge is 0.322 e. The molecule has 0 radical (unpaired) electrons. The van der Waals surface area contributed by atoms with E-state index in [2.05, 4.69) is 16.9 Å². The molecular weight excluding hydrogens is 224 g/mol. The van der Waals surface area contributed by atoms with Crippen LogP contribution in [0.5, 0.6) is 0 Å². The van der Waals surface area contributed by atoms with Crippen LogP contribution in [0.25, 0.3) is 11.1 Å². The summed E-state index contributed by atoms with van der Waals surface area (Å²) >= 11 is 0. The van der Waals surface area contributed by atoms with Crippen molar-refractivity contribution in [1.29, 1.82) is 0 Å². The Bertz CT molecular complexity index is 576. The zero-order chi connectivity index (χ0) is 13.0. The van der Waals surface area contributed by atoms with Crippen molar-refractivity contribution in [3.05, 3.63) is 60.9 Å². The molecule has 0 unspecified atom stereocenters. The van der Waals surface area contributed by atoms with Crippen LogP contribution in [0.3, 0.4) is 0 Å². The first kappa shape index (κ1) is 12.0. The van der Waals surface area contributed by atoms with Gasteiger partial charge in [0.15, 0.2) is 0 Å². The summed E-state index contributed by atoms with van der Waals surface area (Å²) in [5.74, 6) is -0.204. The van der Waals surface area contributed by atoms with Crippen molar-refractivity contribution in [2.24, 2.45) is 0 Å². The number of carbonyl (C=O) groups is 1. The number of carbonyl (C=O) groups excluding carboxylic acids is 1. The number of benzene rings is 1. The third-order valence-electron chi connectivity index (χ3n) is 2.69. The highest BCUT2D eigenvalue weighted by atomic mass is 16.1. The zero-order valence-electron chi connectivity index (χ0n) is 10.2. The van der Waals surface area contributed by atoms with Crippen LogP contribution in [0.15, 0.2) is 55.4 Å². The van der Waals surface area contributed by atoms with Crippen molar-refractivity contribution in [2.45, 2.75) is 6.92 Å². The van der Waals surface area contributed by atoms with Crippen LogP contribution in [-0.2, 0) is 4.79 Å². The van der Waals surface area contributed by atoms with Crippen molar-refractivity contribution in [2.75, 3.05) is 5.32 Å². The van der Waals surface area contributed by atoms with Crippen molar-refractivity contribution >= 4 is 11.6 Å². The zero-order valence-corrected chi connectivity index (χ0v) is 10.2. The molecule has 0 bridgehead atoms. The van der Waals surface area contributed by atoms with E-state index in [-0.39, 0.29) is 5.91 Å². The predicted octanol–water partition coefficient (Wildman–Crippen LogP) is 3.18. The first-order valence-corrected chi connectivity index (χ1v) is 5.65. The number of amides is 1. The summed E-state index contributed by atoms with van der Waals surface area (Å²) in [6, 6.07) is 9.82. The number of anilines is 1. The molecule has 1 N–H and O–H groups in total. The quantitative estimate of drug-likeness (QED) is 0.834. The van der Waals surface area contributed by atoms with Gasteiger partial charge >= 0.3 is 0 Å². The Morgan fingerprint density at radius 3 is 2.61 bits per heavy atom. The molecule has 0 saturated heterocycles. The van der Waals surface area contributed by atoms with Gasteiger partial charge in [0.1, 0.15) is 0 Å². The second kappa shape index (κ2) is 5.27. The predicted molar refractivity (Wildman–Crippen MR) is 73.2 cm³/mol. The maximum atomic E-state index is 11.3. The van der Waals surface area contributed by atoms with Gasteiger partial charge in [0, 0.05) is 18.1 Å². The van der Waals surface area contributed by atoms with Gasteiger partial charge in [-0.05, 0) is 47.9 Å². The van der Waals surface area contributed by atoms with E-state index in [9.17, 15) is 4.79 Å². The van der Waals surface area contributed by atoms with Crippen LogP contribution in [0.1, 0.15) is 5.56 Å². The number of hydrogen-bond acceptors (Lipinski definition) is 2. The van der Waals surface area contributed by atoms with E-state index in [4.69, 9.17) is 0 Å². The van der Waals surface area contributed by atoms with E-state index in [1.807, 2.05) is 37.3 Å². The van der Waals surface area contributed by atoms with E-state index in [0.717, 1.165) is 22.4 Å². The monoisotopic (exact) mass is 238 g/mol. The summed E-state index contributed by atoms with van der Waals surface area (Å²) in [4.78, 5) is 15.3. The van der Waals surface area contributed by atoms with E-state index in [1.54, 1.807) is 12.4 Å². The summed E-state index contributed by atoms with van der Waals surface area (Å²) in [6.07, 6.45) is 4.76. The molecule has 2 aromatic rings. The lowest BCUT2D eigenvalue weighted by Gasteiger charge is -2.09. The van der Waals surface area contributed by atoms with E-state index < -0.39 is 0 Å². The van der Waals surface area contributed by atoms with E-state index in [1.165, 1.54) is 6.08 Å². The molecule has 1 heterocycles. The lowest BCUT2D eigenvalue weighted by atomic mass is 10.0. The Kier molecular flexibility index (Phi) is 3.53. The van der Waals surface area contributed by atoms with E-state index in [0.29, 0.717) is 0 Å². The average Bonchev–Trinajstić information content (AvgIpc) is 2.42. The highest BCUT2D eigenvalue weighted by Gasteiger charge is 2.04. The second-order valence-electron chi connectivity index (χ2n) is 3.96. The molecule has 0 aliphatic heterocycles. The molecule has 18 heavy (non-hydrogen) atoms. The third kappa shape index (κ3) is 2.63. The number of aryl methyl sites for hydroxylation is 1. The van der Waals surface area contributed by atoms with Crippen LogP contribution >= 0.6 is 0 Å². The van der Waals surface area contributed by atoms with Gasteiger partial charge in [-0.1, -0.05) is 18.7 Å². The summed E-state index contributed by atoms with van der Waals surface area (Å²) in [7, 11) is 0. The average molecular weight is 238 g/mol. The minimum absolute atomic E-state index is 0.204. The third-order valence-corrected chi connectivity index (χ3v) is 2.69. The molecule has 0 spiro atoms. The molecule has 0 fully saturated rings. The van der Waals surface area contributed by atoms with Crippen LogP contribution < -0.4 is 5.32 Å². The topological polar surface area (TPSA) is 42.0 Å². The molecular formula is C15H14N2O. The fourth-order valence-electron chi connectivity index (χ4n) is 1.66. The van der Waals surface area contributed by atoms with Gasteiger partial charge in [0.2, 0.25) is 5.91 Å². The Balaban J connectivity index is 2.38. The van der Waals surface area contributed by atoms with Crippen molar-refractivity contribution in [3.8, 4) is 11.1 Å². The van der Waals surface area contributed by atoms with Gasteiger partial charge in [-0.3, -0.25) is 9.78 Å². The van der Waals surface area contributed by atoms with Crippen molar-refractivity contribution < 1.29 is 4.79 Å². The minimum Gasteiger partial charge on any atom is -0.322 e. The molecule has 0 saturated carbocycles. The molecule has 1 amide bonds. The molecule has 0 atom stereocenters. The van der Waals surface area contributed by atoms with Gasteiger partial charge in [-0.15, -0.1) is 0 Å². The van der Waals surface area contributed by atoms with Gasteiger partial charge in [0.25, 0.3) is 0 Å².